The van der Waals surface area contributed by atoms with Crippen molar-refractivity contribution in [3.05, 3.63) is 24.0 Å². The van der Waals surface area contributed by atoms with Gasteiger partial charge in [0.05, 0.1) is 11.9 Å². The van der Waals surface area contributed by atoms with Crippen LogP contribution in [0, 0.1) is 5.92 Å². The number of nitrogens with one attached hydrogen (secondary N) is 1. The molecule has 1 aromatic heterocycles. The average Bonchev–Trinajstić information content (AvgIpc) is 2.44. The van der Waals surface area contributed by atoms with E-state index >= 15 is 0 Å². The Morgan fingerprint density at radius 2 is 2.16 bits per heavy atom. The molecule has 3 unspecified atom stereocenters. The number of hydrogen-bond acceptors (Lipinski definition) is 3. The van der Waals surface area contributed by atoms with Crippen LogP contribution in [0.4, 0.5) is 0 Å². The van der Waals surface area contributed by atoms with E-state index in [2.05, 4.69) is 36.3 Å². The van der Waals surface area contributed by atoms with Crippen molar-refractivity contribution in [3.8, 4) is 5.75 Å². The third kappa shape index (κ3) is 3.69. The molecular formula is C16H26N2O. The van der Waals surface area contributed by atoms with Crippen LogP contribution < -0.4 is 10.1 Å². The SMILES string of the molecule is CCC(NC)c1ccc(OC2CCCCC2C)cn1. The standard InChI is InChI=1S/C16H26N2O/c1-4-14(17-3)15-10-9-13(11-18-15)19-16-8-6-5-7-12(16)2/h9-12,14,16-17H,4-8H2,1-3H3. The molecule has 0 bridgehead atoms. The van der Waals surface area contributed by atoms with Gasteiger partial charge in [-0.05, 0) is 50.8 Å². The summed E-state index contributed by atoms with van der Waals surface area (Å²) in [4.78, 5) is 4.52. The molecule has 1 aliphatic rings. The van der Waals surface area contributed by atoms with Crippen molar-refractivity contribution in [2.75, 3.05) is 7.05 Å². The Kier molecular flexibility index (Phi) is 5.20. The van der Waals surface area contributed by atoms with Crippen LogP contribution in [0.5, 0.6) is 5.75 Å². The summed E-state index contributed by atoms with van der Waals surface area (Å²) < 4.78 is 6.09. The average molecular weight is 262 g/mol. The van der Waals surface area contributed by atoms with Gasteiger partial charge < -0.3 is 10.1 Å². The monoisotopic (exact) mass is 262 g/mol. The number of rotatable bonds is 5. The van der Waals surface area contributed by atoms with E-state index in [-0.39, 0.29) is 0 Å². The Labute approximate surface area is 116 Å². The molecule has 0 aliphatic heterocycles. The van der Waals surface area contributed by atoms with Crippen molar-refractivity contribution in [1.29, 1.82) is 0 Å². The molecule has 0 amide bonds. The molecule has 1 aromatic rings. The summed E-state index contributed by atoms with van der Waals surface area (Å²) in [5.41, 5.74) is 1.09. The van der Waals surface area contributed by atoms with Gasteiger partial charge in [-0.25, -0.2) is 0 Å². The quantitative estimate of drug-likeness (QED) is 0.878. The molecule has 2 rings (SSSR count). The van der Waals surface area contributed by atoms with Gasteiger partial charge in [-0.15, -0.1) is 0 Å². The molecule has 1 heterocycles. The second-order valence-electron chi connectivity index (χ2n) is 5.59. The molecule has 3 atom stereocenters. The van der Waals surface area contributed by atoms with Gasteiger partial charge in [-0.3, -0.25) is 4.98 Å². The van der Waals surface area contributed by atoms with Gasteiger partial charge in [-0.1, -0.05) is 20.3 Å². The predicted octanol–water partition coefficient (Wildman–Crippen LogP) is 3.71. The first-order chi connectivity index (χ1) is 9.24. The van der Waals surface area contributed by atoms with E-state index < -0.39 is 0 Å². The zero-order chi connectivity index (χ0) is 13.7. The Hall–Kier alpha value is -1.09. The minimum Gasteiger partial charge on any atom is -0.489 e. The van der Waals surface area contributed by atoms with E-state index in [1.54, 1.807) is 0 Å². The lowest BCUT2D eigenvalue weighted by atomic mass is 9.88. The Balaban J connectivity index is 1.98. The second kappa shape index (κ2) is 6.90. The van der Waals surface area contributed by atoms with Crippen LogP contribution >= 0.6 is 0 Å². The third-order valence-corrected chi connectivity index (χ3v) is 4.19. The summed E-state index contributed by atoms with van der Waals surface area (Å²) in [5.74, 6) is 1.57. The van der Waals surface area contributed by atoms with E-state index in [4.69, 9.17) is 4.74 Å². The summed E-state index contributed by atoms with van der Waals surface area (Å²) in [7, 11) is 1.98. The lowest BCUT2D eigenvalue weighted by Gasteiger charge is -2.29. The van der Waals surface area contributed by atoms with Crippen LogP contribution in [0.3, 0.4) is 0 Å². The van der Waals surface area contributed by atoms with Crippen molar-refractivity contribution >= 4 is 0 Å². The minimum atomic E-state index is 0.336. The van der Waals surface area contributed by atoms with Gasteiger partial charge in [0.25, 0.3) is 0 Å². The molecular weight excluding hydrogens is 236 g/mol. The summed E-state index contributed by atoms with van der Waals surface area (Å²) >= 11 is 0. The topological polar surface area (TPSA) is 34.1 Å². The van der Waals surface area contributed by atoms with Crippen LogP contribution in [0.2, 0.25) is 0 Å². The van der Waals surface area contributed by atoms with Crippen LogP contribution in [-0.4, -0.2) is 18.1 Å². The van der Waals surface area contributed by atoms with Gasteiger partial charge in [0.15, 0.2) is 0 Å². The van der Waals surface area contributed by atoms with Crippen LogP contribution in [0.15, 0.2) is 18.3 Å². The van der Waals surface area contributed by atoms with Crippen molar-refractivity contribution < 1.29 is 4.74 Å². The molecule has 0 spiro atoms. The molecule has 106 valence electrons. The van der Waals surface area contributed by atoms with Crippen LogP contribution in [-0.2, 0) is 0 Å². The Morgan fingerprint density at radius 1 is 1.37 bits per heavy atom. The van der Waals surface area contributed by atoms with Crippen LogP contribution in [0.25, 0.3) is 0 Å². The lowest BCUT2D eigenvalue weighted by Crippen LogP contribution is -2.28. The predicted molar refractivity (Wildman–Crippen MR) is 78.4 cm³/mol. The molecule has 0 aromatic carbocycles. The van der Waals surface area contributed by atoms with E-state index in [0.717, 1.165) is 17.9 Å². The van der Waals surface area contributed by atoms with Gasteiger partial charge in [0.2, 0.25) is 0 Å². The molecule has 3 nitrogen and oxygen atoms in total. The van der Waals surface area contributed by atoms with E-state index in [1.807, 2.05) is 13.2 Å². The maximum Gasteiger partial charge on any atom is 0.138 e. The highest BCUT2D eigenvalue weighted by molar-refractivity contribution is 5.22. The van der Waals surface area contributed by atoms with E-state index in [1.165, 1.54) is 25.7 Å². The summed E-state index contributed by atoms with van der Waals surface area (Å²) in [6, 6.07) is 4.47. The maximum absolute atomic E-state index is 6.09. The van der Waals surface area contributed by atoms with Crippen molar-refractivity contribution in [2.24, 2.45) is 5.92 Å². The van der Waals surface area contributed by atoms with Gasteiger partial charge >= 0.3 is 0 Å². The first kappa shape index (κ1) is 14.3. The molecule has 1 N–H and O–H groups in total. The highest BCUT2D eigenvalue weighted by atomic mass is 16.5. The number of pyridine rings is 1. The minimum absolute atomic E-state index is 0.336. The highest BCUT2D eigenvalue weighted by Crippen LogP contribution is 2.28. The van der Waals surface area contributed by atoms with E-state index in [9.17, 15) is 0 Å². The van der Waals surface area contributed by atoms with Gasteiger partial charge in [-0.2, -0.15) is 0 Å². The van der Waals surface area contributed by atoms with Crippen LogP contribution in [0.1, 0.15) is 57.7 Å². The first-order valence-electron chi connectivity index (χ1n) is 7.54. The van der Waals surface area contributed by atoms with Crippen molar-refractivity contribution in [1.82, 2.24) is 10.3 Å². The third-order valence-electron chi connectivity index (χ3n) is 4.19. The normalized spacial score (nSPS) is 25.0. The zero-order valence-electron chi connectivity index (χ0n) is 12.4. The number of ether oxygens (including phenoxy) is 1. The lowest BCUT2D eigenvalue weighted by molar-refractivity contribution is 0.102. The summed E-state index contributed by atoms with van der Waals surface area (Å²) in [5, 5.41) is 3.27. The molecule has 0 saturated heterocycles. The molecule has 19 heavy (non-hydrogen) atoms. The summed E-state index contributed by atoms with van der Waals surface area (Å²) in [6.45, 7) is 4.46. The molecule has 1 fully saturated rings. The zero-order valence-corrected chi connectivity index (χ0v) is 12.4. The fourth-order valence-electron chi connectivity index (χ4n) is 2.86. The first-order valence-corrected chi connectivity index (χ1v) is 7.54. The molecule has 0 radical (unpaired) electrons. The molecule has 1 saturated carbocycles. The van der Waals surface area contributed by atoms with Crippen molar-refractivity contribution in [3.63, 3.8) is 0 Å². The second-order valence-corrected chi connectivity index (χ2v) is 5.59. The summed E-state index contributed by atoms with van der Waals surface area (Å²) in [6.07, 6.45) is 8.38. The maximum atomic E-state index is 6.09. The van der Waals surface area contributed by atoms with Gasteiger partial charge in [0.1, 0.15) is 11.9 Å². The highest BCUT2D eigenvalue weighted by Gasteiger charge is 2.22. The Morgan fingerprint density at radius 3 is 2.74 bits per heavy atom. The number of nitrogens with zero attached hydrogens (tertiary/aromatic N) is 1. The number of aromatic nitrogens is 1. The fourth-order valence-corrected chi connectivity index (χ4v) is 2.86. The fraction of sp³-hybridized carbons (Fsp3) is 0.688. The number of hydrogen-bond donors (Lipinski definition) is 1. The van der Waals surface area contributed by atoms with Gasteiger partial charge in [0, 0.05) is 6.04 Å². The van der Waals surface area contributed by atoms with E-state index in [0.29, 0.717) is 18.1 Å². The van der Waals surface area contributed by atoms with Crippen molar-refractivity contribution in [2.45, 2.75) is 58.1 Å². The Bertz CT molecular complexity index is 373. The largest absolute Gasteiger partial charge is 0.489 e. The smallest absolute Gasteiger partial charge is 0.138 e. The molecule has 1 aliphatic carbocycles. The molecule has 3 heteroatoms.